The Labute approximate surface area is 88.9 Å². The highest BCUT2D eigenvalue weighted by Crippen LogP contribution is 2.32. The van der Waals surface area contributed by atoms with Crippen LogP contribution in [0.1, 0.15) is 24.7 Å². The molecule has 15 heavy (non-hydrogen) atoms. The zero-order chi connectivity index (χ0) is 10.4. The molecule has 2 atom stereocenters. The summed E-state index contributed by atoms with van der Waals surface area (Å²) < 4.78 is 2.08. The maximum absolute atomic E-state index is 11.7. The lowest BCUT2D eigenvalue weighted by Crippen LogP contribution is -2.29. The number of aryl methyl sites for hydroxylation is 1. The molecule has 1 aromatic rings. The van der Waals surface area contributed by atoms with Crippen LogP contribution in [0, 0.1) is 0 Å². The standard InChI is InChI=1S/C11H15N3O/c1-13-6-2-4-8(13)10-12-11(15)9-5-3-7-14(9)10/h2,4,6,9-10H,3,5,7H2,1H3,(H,12,15). The van der Waals surface area contributed by atoms with Gasteiger partial charge in [0.1, 0.15) is 6.17 Å². The molecule has 1 N–H and O–H groups in total. The summed E-state index contributed by atoms with van der Waals surface area (Å²) in [5.41, 5.74) is 1.17. The van der Waals surface area contributed by atoms with Crippen molar-refractivity contribution in [2.24, 2.45) is 7.05 Å². The lowest BCUT2D eigenvalue weighted by Gasteiger charge is -2.22. The van der Waals surface area contributed by atoms with E-state index in [9.17, 15) is 4.79 Å². The molecular weight excluding hydrogens is 190 g/mol. The molecule has 3 heterocycles. The molecule has 2 saturated heterocycles. The molecule has 0 bridgehead atoms. The molecule has 3 rings (SSSR count). The fraction of sp³-hybridized carbons (Fsp3) is 0.545. The van der Waals surface area contributed by atoms with Gasteiger partial charge in [0.15, 0.2) is 0 Å². The Hall–Kier alpha value is -1.29. The van der Waals surface area contributed by atoms with Crippen molar-refractivity contribution in [1.29, 1.82) is 0 Å². The van der Waals surface area contributed by atoms with E-state index in [0.717, 1.165) is 19.4 Å². The normalized spacial score (nSPS) is 30.6. The van der Waals surface area contributed by atoms with E-state index < -0.39 is 0 Å². The first-order valence-electron chi connectivity index (χ1n) is 5.45. The molecule has 2 unspecified atom stereocenters. The summed E-state index contributed by atoms with van der Waals surface area (Å²) in [4.78, 5) is 14.0. The van der Waals surface area contributed by atoms with Crippen molar-refractivity contribution >= 4 is 5.91 Å². The topological polar surface area (TPSA) is 37.3 Å². The molecule has 1 aromatic heterocycles. The highest BCUT2D eigenvalue weighted by Gasteiger charge is 2.43. The highest BCUT2D eigenvalue weighted by molar-refractivity contribution is 5.84. The molecule has 1 amide bonds. The molecule has 0 radical (unpaired) electrons. The van der Waals surface area contributed by atoms with Gasteiger partial charge in [-0.1, -0.05) is 0 Å². The number of hydrogen-bond acceptors (Lipinski definition) is 2. The van der Waals surface area contributed by atoms with Gasteiger partial charge in [0.05, 0.1) is 11.7 Å². The van der Waals surface area contributed by atoms with Crippen molar-refractivity contribution in [2.45, 2.75) is 25.0 Å². The Morgan fingerprint density at radius 2 is 2.40 bits per heavy atom. The summed E-state index contributed by atoms with van der Waals surface area (Å²) in [6.07, 6.45) is 4.25. The van der Waals surface area contributed by atoms with E-state index in [4.69, 9.17) is 0 Å². The second kappa shape index (κ2) is 3.10. The van der Waals surface area contributed by atoms with Crippen LogP contribution in [0.15, 0.2) is 18.3 Å². The van der Waals surface area contributed by atoms with Crippen molar-refractivity contribution in [3.8, 4) is 0 Å². The lowest BCUT2D eigenvalue weighted by atomic mass is 10.2. The second-order valence-corrected chi connectivity index (χ2v) is 4.35. The number of carbonyl (C=O) groups excluding carboxylic acids is 1. The summed E-state index contributed by atoms with van der Waals surface area (Å²) in [5, 5.41) is 3.07. The smallest absolute Gasteiger partial charge is 0.238 e. The molecule has 0 spiro atoms. The number of aromatic nitrogens is 1. The molecule has 4 heteroatoms. The number of carbonyl (C=O) groups is 1. The zero-order valence-electron chi connectivity index (χ0n) is 8.81. The summed E-state index contributed by atoms with van der Waals surface area (Å²) in [5.74, 6) is 0.193. The van der Waals surface area contributed by atoms with E-state index in [2.05, 4.69) is 20.9 Å². The zero-order valence-corrected chi connectivity index (χ0v) is 8.81. The lowest BCUT2D eigenvalue weighted by molar-refractivity contribution is -0.121. The van der Waals surface area contributed by atoms with Crippen LogP contribution in [0.25, 0.3) is 0 Å². The fourth-order valence-corrected chi connectivity index (χ4v) is 2.70. The molecule has 0 saturated carbocycles. The van der Waals surface area contributed by atoms with Crippen molar-refractivity contribution in [3.63, 3.8) is 0 Å². The Bertz CT molecular complexity index is 398. The Kier molecular flexibility index (Phi) is 1.85. The van der Waals surface area contributed by atoms with Gasteiger partial charge < -0.3 is 9.88 Å². The van der Waals surface area contributed by atoms with E-state index in [1.165, 1.54) is 5.69 Å². The summed E-state index contributed by atoms with van der Waals surface area (Å²) in [6.45, 7) is 1.03. The van der Waals surface area contributed by atoms with Gasteiger partial charge in [0.25, 0.3) is 0 Å². The molecular formula is C11H15N3O. The quantitative estimate of drug-likeness (QED) is 0.729. The Morgan fingerprint density at radius 3 is 3.13 bits per heavy atom. The van der Waals surface area contributed by atoms with Crippen molar-refractivity contribution in [3.05, 3.63) is 24.0 Å². The predicted molar refractivity (Wildman–Crippen MR) is 56.0 cm³/mol. The predicted octanol–water partition coefficient (Wildman–Crippen LogP) is 0.618. The van der Waals surface area contributed by atoms with Crippen molar-refractivity contribution in [2.75, 3.05) is 6.54 Å². The minimum Gasteiger partial charge on any atom is -0.352 e. The van der Waals surface area contributed by atoms with Crippen LogP contribution in [-0.4, -0.2) is 28.0 Å². The van der Waals surface area contributed by atoms with Gasteiger partial charge in [0, 0.05) is 19.8 Å². The van der Waals surface area contributed by atoms with E-state index in [0.29, 0.717) is 0 Å². The highest BCUT2D eigenvalue weighted by atomic mass is 16.2. The van der Waals surface area contributed by atoms with E-state index in [1.54, 1.807) is 0 Å². The Balaban J connectivity index is 1.95. The first-order chi connectivity index (χ1) is 7.27. The van der Waals surface area contributed by atoms with Crippen LogP contribution < -0.4 is 5.32 Å². The number of hydrogen-bond donors (Lipinski definition) is 1. The number of nitrogens with one attached hydrogen (secondary N) is 1. The van der Waals surface area contributed by atoms with Crippen LogP contribution >= 0.6 is 0 Å². The third-order valence-corrected chi connectivity index (χ3v) is 3.47. The van der Waals surface area contributed by atoms with Crippen molar-refractivity contribution in [1.82, 2.24) is 14.8 Å². The molecule has 80 valence electrons. The van der Waals surface area contributed by atoms with Gasteiger partial charge in [-0.3, -0.25) is 9.69 Å². The van der Waals surface area contributed by atoms with Crippen LogP contribution in [-0.2, 0) is 11.8 Å². The van der Waals surface area contributed by atoms with E-state index in [1.807, 2.05) is 19.3 Å². The molecule has 2 aliphatic rings. The van der Waals surface area contributed by atoms with E-state index in [-0.39, 0.29) is 18.1 Å². The first-order valence-corrected chi connectivity index (χ1v) is 5.45. The molecule has 4 nitrogen and oxygen atoms in total. The van der Waals surface area contributed by atoms with Crippen LogP contribution in [0.2, 0.25) is 0 Å². The van der Waals surface area contributed by atoms with Gasteiger partial charge in [0.2, 0.25) is 5.91 Å². The fourth-order valence-electron chi connectivity index (χ4n) is 2.70. The minimum absolute atomic E-state index is 0.0880. The van der Waals surface area contributed by atoms with Crippen LogP contribution in [0.3, 0.4) is 0 Å². The van der Waals surface area contributed by atoms with E-state index >= 15 is 0 Å². The van der Waals surface area contributed by atoms with Gasteiger partial charge in [-0.2, -0.15) is 0 Å². The van der Waals surface area contributed by atoms with Crippen molar-refractivity contribution < 1.29 is 4.79 Å². The first kappa shape index (κ1) is 8.97. The number of amides is 1. The van der Waals surface area contributed by atoms with Gasteiger partial charge >= 0.3 is 0 Å². The Morgan fingerprint density at radius 1 is 1.53 bits per heavy atom. The SMILES string of the molecule is Cn1cccc1C1NC(=O)C2CCCN21. The summed E-state index contributed by atoms with van der Waals surface area (Å²) in [7, 11) is 2.02. The number of fused-ring (bicyclic) bond motifs is 1. The number of rotatable bonds is 1. The number of nitrogens with zero attached hydrogens (tertiary/aromatic N) is 2. The van der Waals surface area contributed by atoms with Crippen LogP contribution in [0.5, 0.6) is 0 Å². The summed E-state index contributed by atoms with van der Waals surface area (Å²) in [6, 6.07) is 4.21. The average molecular weight is 205 g/mol. The van der Waals surface area contributed by atoms with Gasteiger partial charge in [-0.25, -0.2) is 0 Å². The minimum atomic E-state index is 0.0880. The molecule has 0 aromatic carbocycles. The maximum atomic E-state index is 11.7. The molecule has 0 aliphatic carbocycles. The van der Waals surface area contributed by atoms with Crippen LogP contribution in [0.4, 0.5) is 0 Å². The maximum Gasteiger partial charge on any atom is 0.238 e. The average Bonchev–Trinajstić information content (AvgIpc) is 2.85. The third kappa shape index (κ3) is 1.21. The molecule has 2 fully saturated rings. The second-order valence-electron chi connectivity index (χ2n) is 4.35. The third-order valence-electron chi connectivity index (χ3n) is 3.47. The summed E-state index contributed by atoms with van der Waals surface area (Å²) >= 11 is 0. The largest absolute Gasteiger partial charge is 0.352 e. The van der Waals surface area contributed by atoms with Gasteiger partial charge in [-0.15, -0.1) is 0 Å². The van der Waals surface area contributed by atoms with Gasteiger partial charge in [-0.05, 0) is 25.0 Å². The monoisotopic (exact) mass is 205 g/mol. The molecule has 2 aliphatic heterocycles.